The van der Waals surface area contributed by atoms with Crippen molar-refractivity contribution in [3.8, 4) is 11.4 Å². The monoisotopic (exact) mass is 395 g/mol. The number of fused-ring (bicyclic) bond motifs is 3. The molecule has 28 heavy (non-hydrogen) atoms. The number of aromatic nitrogens is 4. The number of carbonyl (C=O) groups is 1. The van der Waals surface area contributed by atoms with Crippen LogP contribution in [0, 0.1) is 0 Å². The van der Waals surface area contributed by atoms with Crippen molar-refractivity contribution in [3.05, 3.63) is 58.9 Å². The van der Waals surface area contributed by atoms with Crippen molar-refractivity contribution < 1.29 is 9.53 Å². The zero-order valence-electron chi connectivity index (χ0n) is 15.2. The van der Waals surface area contributed by atoms with Crippen LogP contribution in [0.2, 0.25) is 0 Å². The minimum absolute atomic E-state index is 0.118. The second kappa shape index (κ2) is 7.35. The van der Waals surface area contributed by atoms with Gasteiger partial charge in [0.25, 0.3) is 5.56 Å². The van der Waals surface area contributed by atoms with Crippen LogP contribution in [0.15, 0.2) is 58.5 Å². The van der Waals surface area contributed by atoms with Crippen LogP contribution >= 0.6 is 11.8 Å². The topological polar surface area (TPSA) is 90.5 Å². The molecule has 0 aliphatic rings. The Labute approximate surface area is 164 Å². The number of ether oxygens (including phenoxy) is 1. The van der Waals surface area contributed by atoms with Gasteiger partial charge in [0.15, 0.2) is 5.16 Å². The summed E-state index contributed by atoms with van der Waals surface area (Å²) in [5.41, 5.74) is 1.10. The van der Waals surface area contributed by atoms with Crippen LogP contribution in [0.1, 0.15) is 0 Å². The van der Waals surface area contributed by atoms with Crippen molar-refractivity contribution in [1.29, 1.82) is 0 Å². The SMILES string of the molecule is CNC(=O)CSc1nnc2n(-c3cccc(OC)c3)c(=O)c3ccccc3n12. The number of rotatable bonds is 5. The normalized spacial score (nSPS) is 11.1. The first-order chi connectivity index (χ1) is 13.6. The fourth-order valence-electron chi connectivity index (χ4n) is 2.96. The maximum atomic E-state index is 13.2. The van der Waals surface area contributed by atoms with Crippen molar-refractivity contribution in [1.82, 2.24) is 24.5 Å². The van der Waals surface area contributed by atoms with Crippen molar-refractivity contribution in [2.45, 2.75) is 5.16 Å². The second-order valence-corrected chi connectivity index (χ2v) is 6.88. The molecule has 0 aliphatic carbocycles. The quantitative estimate of drug-likeness (QED) is 0.519. The largest absolute Gasteiger partial charge is 0.497 e. The molecule has 8 nitrogen and oxygen atoms in total. The molecule has 0 fully saturated rings. The Bertz CT molecular complexity index is 1250. The highest BCUT2D eigenvalue weighted by Crippen LogP contribution is 2.24. The number of nitrogens with zero attached hydrogens (tertiary/aromatic N) is 4. The molecular formula is C19H17N5O3S. The van der Waals surface area contributed by atoms with Crippen LogP contribution < -0.4 is 15.6 Å². The number of methoxy groups -OCH3 is 1. The number of thioether (sulfide) groups is 1. The van der Waals surface area contributed by atoms with Gasteiger partial charge in [0.05, 0.1) is 29.5 Å². The molecule has 0 aliphatic heterocycles. The smallest absolute Gasteiger partial charge is 0.267 e. The zero-order chi connectivity index (χ0) is 19.7. The molecule has 0 radical (unpaired) electrons. The van der Waals surface area contributed by atoms with E-state index < -0.39 is 0 Å². The van der Waals surface area contributed by atoms with Gasteiger partial charge in [0.1, 0.15) is 5.75 Å². The first-order valence-electron chi connectivity index (χ1n) is 8.50. The highest BCUT2D eigenvalue weighted by atomic mass is 32.2. The highest BCUT2D eigenvalue weighted by molar-refractivity contribution is 7.99. The fraction of sp³-hybridized carbons (Fsp3) is 0.158. The summed E-state index contributed by atoms with van der Waals surface area (Å²) >= 11 is 1.26. The van der Waals surface area contributed by atoms with Crippen LogP contribution in [0.4, 0.5) is 0 Å². The molecule has 1 amide bonds. The molecule has 0 spiro atoms. The molecule has 4 aromatic rings. The van der Waals surface area contributed by atoms with E-state index in [9.17, 15) is 9.59 Å². The van der Waals surface area contributed by atoms with Gasteiger partial charge in [-0.1, -0.05) is 30.0 Å². The van der Waals surface area contributed by atoms with Gasteiger partial charge in [-0.25, -0.2) is 4.57 Å². The van der Waals surface area contributed by atoms with Gasteiger partial charge < -0.3 is 10.1 Å². The minimum Gasteiger partial charge on any atom is -0.497 e. The average molecular weight is 395 g/mol. The average Bonchev–Trinajstić information content (AvgIpc) is 3.16. The van der Waals surface area contributed by atoms with Gasteiger partial charge >= 0.3 is 0 Å². The summed E-state index contributed by atoms with van der Waals surface area (Å²) in [5.74, 6) is 1.08. The number of hydrogen-bond donors (Lipinski definition) is 1. The Hall–Kier alpha value is -3.33. The lowest BCUT2D eigenvalue weighted by molar-refractivity contribution is -0.118. The standard InChI is InChI=1S/C19H17N5O3S/c1-20-16(25)11-28-19-22-21-18-23(12-6-5-7-13(10-12)27-2)17(26)14-8-3-4-9-15(14)24(18)19/h3-10H,11H2,1-2H3,(H,20,25). The molecule has 4 rings (SSSR count). The third kappa shape index (κ3) is 2.99. The molecular weight excluding hydrogens is 378 g/mol. The third-order valence-electron chi connectivity index (χ3n) is 4.32. The summed E-state index contributed by atoms with van der Waals surface area (Å²) in [6.07, 6.45) is 0. The Morgan fingerprint density at radius 2 is 2.00 bits per heavy atom. The molecule has 1 N–H and O–H groups in total. The van der Waals surface area contributed by atoms with Gasteiger partial charge in [0, 0.05) is 13.1 Å². The molecule has 0 atom stereocenters. The number of hydrogen-bond acceptors (Lipinski definition) is 6. The molecule has 0 bridgehead atoms. The predicted octanol–water partition coefficient (Wildman–Crippen LogP) is 1.88. The predicted molar refractivity (Wildman–Crippen MR) is 107 cm³/mol. The van der Waals surface area contributed by atoms with Crippen LogP contribution in [0.25, 0.3) is 22.4 Å². The summed E-state index contributed by atoms with van der Waals surface area (Å²) < 4.78 is 8.59. The highest BCUT2D eigenvalue weighted by Gasteiger charge is 2.18. The van der Waals surface area contributed by atoms with Crippen molar-refractivity contribution in [2.24, 2.45) is 0 Å². The fourth-order valence-corrected chi connectivity index (χ4v) is 3.77. The van der Waals surface area contributed by atoms with Crippen molar-refractivity contribution in [3.63, 3.8) is 0 Å². The van der Waals surface area contributed by atoms with Crippen molar-refractivity contribution in [2.75, 3.05) is 19.9 Å². The van der Waals surface area contributed by atoms with Gasteiger partial charge in [-0.05, 0) is 24.3 Å². The number of para-hydroxylation sites is 1. The molecule has 0 saturated heterocycles. The Balaban J connectivity index is 2.01. The Morgan fingerprint density at radius 3 is 2.79 bits per heavy atom. The number of carbonyl (C=O) groups excluding carboxylic acids is 1. The van der Waals surface area contributed by atoms with E-state index in [2.05, 4.69) is 15.5 Å². The second-order valence-electron chi connectivity index (χ2n) is 5.94. The summed E-state index contributed by atoms with van der Waals surface area (Å²) in [6, 6.07) is 14.5. The molecule has 2 aromatic heterocycles. The lowest BCUT2D eigenvalue weighted by atomic mass is 10.2. The molecule has 2 aromatic carbocycles. The zero-order valence-corrected chi connectivity index (χ0v) is 16.1. The summed E-state index contributed by atoms with van der Waals surface area (Å²) in [6.45, 7) is 0. The molecule has 9 heteroatoms. The summed E-state index contributed by atoms with van der Waals surface area (Å²) in [7, 11) is 3.16. The van der Waals surface area contributed by atoms with E-state index in [0.717, 1.165) is 0 Å². The third-order valence-corrected chi connectivity index (χ3v) is 5.25. The van der Waals surface area contributed by atoms with E-state index in [1.165, 1.54) is 16.3 Å². The number of nitrogens with one attached hydrogen (secondary N) is 1. The Morgan fingerprint density at radius 1 is 1.18 bits per heavy atom. The number of benzene rings is 2. The van der Waals surface area contributed by atoms with Gasteiger partial charge in [0.2, 0.25) is 11.7 Å². The molecule has 2 heterocycles. The van der Waals surface area contributed by atoms with E-state index in [1.807, 2.05) is 30.3 Å². The van der Waals surface area contributed by atoms with Crippen LogP contribution in [0.3, 0.4) is 0 Å². The van der Waals surface area contributed by atoms with Gasteiger partial charge in [-0.2, -0.15) is 0 Å². The first-order valence-corrected chi connectivity index (χ1v) is 9.49. The van der Waals surface area contributed by atoms with E-state index in [1.54, 1.807) is 36.8 Å². The number of amides is 1. The summed E-state index contributed by atoms with van der Waals surface area (Å²) in [5, 5.41) is 12.1. The van der Waals surface area contributed by atoms with E-state index in [-0.39, 0.29) is 17.2 Å². The van der Waals surface area contributed by atoms with E-state index >= 15 is 0 Å². The lowest BCUT2D eigenvalue weighted by Crippen LogP contribution is -2.22. The first kappa shape index (κ1) is 18.1. The van der Waals surface area contributed by atoms with Gasteiger partial charge in [-0.15, -0.1) is 10.2 Å². The maximum absolute atomic E-state index is 13.2. The van der Waals surface area contributed by atoms with Crippen LogP contribution in [-0.2, 0) is 4.79 Å². The minimum atomic E-state index is -0.202. The van der Waals surface area contributed by atoms with Crippen molar-refractivity contribution >= 4 is 34.3 Å². The maximum Gasteiger partial charge on any atom is 0.267 e. The van der Waals surface area contributed by atoms with E-state index in [4.69, 9.17) is 4.74 Å². The summed E-state index contributed by atoms with van der Waals surface area (Å²) in [4.78, 5) is 24.9. The molecule has 0 saturated carbocycles. The molecule has 142 valence electrons. The lowest BCUT2D eigenvalue weighted by Gasteiger charge is -2.12. The van der Waals surface area contributed by atoms with Gasteiger partial charge in [-0.3, -0.25) is 14.0 Å². The van der Waals surface area contributed by atoms with Crippen LogP contribution in [0.5, 0.6) is 5.75 Å². The molecule has 0 unspecified atom stereocenters. The Kier molecular flexibility index (Phi) is 4.74. The van der Waals surface area contributed by atoms with Crippen LogP contribution in [-0.4, -0.2) is 45.0 Å². The van der Waals surface area contributed by atoms with E-state index in [0.29, 0.717) is 33.3 Å².